The number of halogens is 2. The number of para-hydroxylation sites is 2. The molecule has 0 aliphatic heterocycles. The van der Waals surface area contributed by atoms with Crippen LogP contribution in [0.1, 0.15) is 0 Å². The van der Waals surface area contributed by atoms with E-state index in [1.54, 1.807) is 9.44 Å². The molecule has 3 rings (SSSR count). The fraction of sp³-hybridized carbons (Fsp3) is 0.0526. The normalized spacial score (nSPS) is 11.5. The molecule has 0 radical (unpaired) electrons. The first-order chi connectivity index (χ1) is 16.8. The first-order valence-corrected chi connectivity index (χ1v) is 12.3. The van der Waals surface area contributed by atoms with Gasteiger partial charge in [-0.15, -0.1) is 0 Å². The molecule has 0 aliphatic rings. The minimum absolute atomic E-state index is 0.433. The summed E-state index contributed by atoms with van der Waals surface area (Å²) in [4.78, 5) is 18.6. The topological polar surface area (TPSA) is 188 Å². The number of benzene rings is 3. The summed E-state index contributed by atoms with van der Waals surface area (Å²) < 4.78 is 88.4. The Morgan fingerprint density at radius 1 is 0.778 bits per heavy atom. The summed E-state index contributed by atoms with van der Waals surface area (Å²) in [5.41, 5.74) is -3.84. The van der Waals surface area contributed by atoms with Crippen LogP contribution in [-0.4, -0.2) is 33.8 Å². The van der Waals surface area contributed by atoms with Gasteiger partial charge in [0.1, 0.15) is 10.6 Å². The molecule has 0 atom stereocenters. The molecule has 0 aliphatic carbocycles. The third kappa shape index (κ3) is 5.15. The second-order valence-corrected chi connectivity index (χ2v) is 10.1. The van der Waals surface area contributed by atoms with Gasteiger partial charge in [0.15, 0.2) is 23.0 Å². The van der Waals surface area contributed by atoms with Gasteiger partial charge in [-0.2, -0.15) is 0 Å². The highest BCUT2D eigenvalue weighted by atomic mass is 32.2. The molecule has 0 unspecified atom stereocenters. The van der Waals surface area contributed by atoms with Gasteiger partial charge in [0.05, 0.1) is 21.9 Å². The minimum Gasteiger partial charge on any atom is -0.495 e. The van der Waals surface area contributed by atoms with Crippen molar-refractivity contribution in [2.45, 2.75) is 9.79 Å². The summed E-state index contributed by atoms with van der Waals surface area (Å²) in [7, 11) is -8.70. The number of nitro groups is 2. The molecule has 0 spiro atoms. The van der Waals surface area contributed by atoms with E-state index >= 15 is 0 Å². The second kappa shape index (κ2) is 9.70. The lowest BCUT2D eigenvalue weighted by molar-refractivity contribution is -0.384. The number of sulfonamides is 2. The summed E-state index contributed by atoms with van der Waals surface area (Å²) in [5, 5.41) is 22.4. The first-order valence-electron chi connectivity index (χ1n) is 9.38. The van der Waals surface area contributed by atoms with Gasteiger partial charge in [-0.05, 0) is 30.3 Å². The molecule has 13 nitrogen and oxygen atoms in total. The number of methoxy groups -OCH3 is 1. The van der Waals surface area contributed by atoms with Gasteiger partial charge in [-0.1, -0.05) is 12.1 Å². The maximum absolute atomic E-state index is 14.2. The molecule has 3 aromatic carbocycles. The third-order valence-electron chi connectivity index (χ3n) is 4.58. The molecule has 0 saturated heterocycles. The summed E-state index contributed by atoms with van der Waals surface area (Å²) >= 11 is 0. The Morgan fingerprint density at radius 3 is 1.69 bits per heavy atom. The molecule has 0 bridgehead atoms. The Hall–Kier alpha value is -4.38. The quantitative estimate of drug-likeness (QED) is 0.300. The van der Waals surface area contributed by atoms with E-state index in [-0.39, 0.29) is 0 Å². The molecular weight excluding hydrogens is 530 g/mol. The van der Waals surface area contributed by atoms with Gasteiger partial charge in [0.2, 0.25) is 0 Å². The van der Waals surface area contributed by atoms with Crippen LogP contribution in [0.4, 0.5) is 31.5 Å². The molecule has 17 heteroatoms. The largest absolute Gasteiger partial charge is 0.495 e. The number of nitro benzene ring substituents is 2. The van der Waals surface area contributed by atoms with Gasteiger partial charge < -0.3 is 4.74 Å². The average molecular weight is 544 g/mol. The van der Waals surface area contributed by atoms with Gasteiger partial charge >= 0.3 is 0 Å². The molecule has 0 aromatic heterocycles. The highest BCUT2D eigenvalue weighted by molar-refractivity contribution is 7.93. The highest BCUT2D eigenvalue weighted by Gasteiger charge is 2.30. The predicted octanol–water partition coefficient (Wildman–Crippen LogP) is 3.39. The van der Waals surface area contributed by atoms with Crippen molar-refractivity contribution in [2.24, 2.45) is 0 Å². The number of ether oxygens (including phenoxy) is 1. The number of rotatable bonds is 9. The van der Waals surface area contributed by atoms with E-state index in [1.807, 2.05) is 0 Å². The molecule has 2 N–H and O–H groups in total. The van der Waals surface area contributed by atoms with Crippen molar-refractivity contribution < 1.29 is 40.2 Å². The number of hydrogen-bond donors (Lipinski definition) is 2. The van der Waals surface area contributed by atoms with E-state index in [4.69, 9.17) is 4.74 Å². The van der Waals surface area contributed by atoms with Crippen molar-refractivity contribution in [3.8, 4) is 5.75 Å². The summed E-state index contributed by atoms with van der Waals surface area (Å²) in [6.45, 7) is 0. The molecule has 0 saturated carbocycles. The van der Waals surface area contributed by atoms with E-state index < -0.39 is 79.8 Å². The van der Waals surface area contributed by atoms with Gasteiger partial charge in [-0.25, -0.2) is 25.6 Å². The van der Waals surface area contributed by atoms with Crippen molar-refractivity contribution >= 4 is 42.8 Å². The van der Waals surface area contributed by atoms with Crippen LogP contribution in [0, 0.1) is 31.9 Å². The van der Waals surface area contributed by atoms with E-state index in [1.165, 1.54) is 0 Å². The predicted molar refractivity (Wildman–Crippen MR) is 121 cm³/mol. The minimum atomic E-state index is -4.91. The van der Waals surface area contributed by atoms with Crippen LogP contribution in [0.25, 0.3) is 0 Å². The van der Waals surface area contributed by atoms with Crippen LogP contribution in [-0.2, 0) is 20.0 Å². The Balaban J connectivity index is 2.11. The number of hydrogen-bond acceptors (Lipinski definition) is 9. The molecule has 0 fully saturated rings. The standard InChI is InChI=1S/C19H14F2N4O9S2/c1-34-16-9-8-11(35(30,31)22-18-12(20)4-2-6-14(18)24(26)27)10-17(16)36(32,33)23-19-13(21)5-3-7-15(19)25(28)29/h2-10,22-23H,1H3. The fourth-order valence-corrected chi connectivity index (χ4v) is 5.41. The Bertz CT molecular complexity index is 1600. The van der Waals surface area contributed by atoms with Crippen LogP contribution in [0.15, 0.2) is 64.4 Å². The number of nitrogens with zero attached hydrogens (tertiary/aromatic N) is 2. The van der Waals surface area contributed by atoms with Crippen LogP contribution in [0.3, 0.4) is 0 Å². The third-order valence-corrected chi connectivity index (χ3v) is 7.30. The van der Waals surface area contributed by atoms with Gasteiger partial charge in [0.25, 0.3) is 31.4 Å². The monoisotopic (exact) mass is 544 g/mol. The van der Waals surface area contributed by atoms with Crippen LogP contribution in [0.2, 0.25) is 0 Å². The zero-order chi connectivity index (χ0) is 26.8. The number of nitrogens with one attached hydrogen (secondary N) is 2. The molecule has 0 amide bonds. The average Bonchev–Trinajstić information content (AvgIpc) is 2.80. The first kappa shape index (κ1) is 26.2. The fourth-order valence-electron chi connectivity index (χ4n) is 2.95. The molecular formula is C19H14F2N4O9S2. The lowest BCUT2D eigenvalue weighted by Crippen LogP contribution is -2.19. The van der Waals surface area contributed by atoms with E-state index in [2.05, 4.69) is 0 Å². The summed E-state index contributed by atoms with van der Waals surface area (Å²) in [6.07, 6.45) is 0. The van der Waals surface area contributed by atoms with E-state index in [9.17, 15) is 45.8 Å². The molecule has 3 aromatic rings. The van der Waals surface area contributed by atoms with Crippen LogP contribution in [0.5, 0.6) is 5.75 Å². The Morgan fingerprint density at radius 2 is 1.25 bits per heavy atom. The van der Waals surface area contributed by atoms with Crippen LogP contribution >= 0.6 is 0 Å². The van der Waals surface area contributed by atoms with Gasteiger partial charge in [-0.3, -0.25) is 29.7 Å². The zero-order valence-electron chi connectivity index (χ0n) is 17.8. The van der Waals surface area contributed by atoms with Crippen LogP contribution < -0.4 is 14.2 Å². The molecule has 190 valence electrons. The molecule has 0 heterocycles. The highest BCUT2D eigenvalue weighted by Crippen LogP contribution is 2.34. The maximum Gasteiger partial charge on any atom is 0.296 e. The van der Waals surface area contributed by atoms with E-state index in [0.29, 0.717) is 6.07 Å². The smallest absolute Gasteiger partial charge is 0.296 e. The van der Waals surface area contributed by atoms with Crippen molar-refractivity contribution in [1.29, 1.82) is 0 Å². The van der Waals surface area contributed by atoms with Crippen molar-refractivity contribution in [3.05, 3.63) is 86.5 Å². The summed E-state index contributed by atoms with van der Waals surface area (Å²) in [6, 6.07) is 7.47. The summed E-state index contributed by atoms with van der Waals surface area (Å²) in [5.74, 6) is -3.00. The SMILES string of the molecule is COc1ccc(S(=O)(=O)Nc2c(F)cccc2[N+](=O)[O-])cc1S(=O)(=O)Nc1c(F)cccc1[N+](=O)[O-]. The Kier molecular flexibility index (Phi) is 7.07. The molecule has 36 heavy (non-hydrogen) atoms. The van der Waals surface area contributed by atoms with Crippen molar-refractivity contribution in [3.63, 3.8) is 0 Å². The van der Waals surface area contributed by atoms with E-state index in [0.717, 1.165) is 55.6 Å². The maximum atomic E-state index is 14.2. The van der Waals surface area contributed by atoms with Crippen molar-refractivity contribution in [2.75, 3.05) is 16.6 Å². The lowest BCUT2D eigenvalue weighted by Gasteiger charge is -2.14. The number of anilines is 2. The second-order valence-electron chi connectivity index (χ2n) is 6.81. The van der Waals surface area contributed by atoms with Crippen molar-refractivity contribution in [1.82, 2.24) is 0 Å². The van der Waals surface area contributed by atoms with Gasteiger partial charge in [0, 0.05) is 12.1 Å². The Labute approximate surface area is 201 Å². The lowest BCUT2D eigenvalue weighted by atomic mass is 10.2. The zero-order valence-corrected chi connectivity index (χ0v) is 19.5.